The maximum Gasteiger partial charge on any atom is 0.364 e. The van der Waals surface area contributed by atoms with Crippen LogP contribution < -0.4 is 4.74 Å². The van der Waals surface area contributed by atoms with Crippen molar-refractivity contribution in [3.05, 3.63) is 47.3 Å². The van der Waals surface area contributed by atoms with Gasteiger partial charge < -0.3 is 4.74 Å². The van der Waals surface area contributed by atoms with Crippen LogP contribution in [0.2, 0.25) is 0 Å². The maximum atomic E-state index is 11.9. The predicted octanol–water partition coefficient (Wildman–Crippen LogP) is 2.74. The molecule has 94 valence electrons. The summed E-state index contributed by atoms with van der Waals surface area (Å²) in [5, 5.41) is 4.11. The maximum absolute atomic E-state index is 11.9. The van der Waals surface area contributed by atoms with E-state index in [2.05, 4.69) is 5.10 Å². The van der Waals surface area contributed by atoms with Crippen LogP contribution in [0.1, 0.15) is 28.5 Å². The van der Waals surface area contributed by atoms with E-state index in [9.17, 15) is 4.79 Å². The van der Waals surface area contributed by atoms with Gasteiger partial charge in [-0.05, 0) is 50.1 Å². The van der Waals surface area contributed by atoms with E-state index in [1.165, 1.54) is 0 Å². The number of ether oxygens (including phenoxy) is 1. The molecule has 0 N–H and O–H groups in total. The lowest BCUT2D eigenvalue weighted by Gasteiger charge is -2.05. The molecule has 2 rings (SSSR count). The van der Waals surface area contributed by atoms with Crippen molar-refractivity contribution in [2.24, 2.45) is 0 Å². The Kier molecular flexibility index (Phi) is 3.46. The van der Waals surface area contributed by atoms with E-state index in [1.807, 2.05) is 39.0 Å². The standard InChI is InChI=1S/C14H16N2O2/c1-4-16-6-5-13(15-16)14(17)18-12-8-10(2)7-11(3)9-12/h5-9H,4H2,1-3H3. The van der Waals surface area contributed by atoms with E-state index in [1.54, 1.807) is 16.9 Å². The van der Waals surface area contributed by atoms with Crippen LogP contribution in [-0.4, -0.2) is 15.7 Å². The molecule has 0 amide bonds. The van der Waals surface area contributed by atoms with E-state index < -0.39 is 5.97 Å². The number of esters is 1. The van der Waals surface area contributed by atoms with E-state index in [0.29, 0.717) is 11.4 Å². The van der Waals surface area contributed by atoms with Crippen molar-refractivity contribution in [1.82, 2.24) is 9.78 Å². The van der Waals surface area contributed by atoms with Crippen LogP contribution in [0.3, 0.4) is 0 Å². The predicted molar refractivity (Wildman–Crippen MR) is 68.8 cm³/mol. The fourth-order valence-electron chi connectivity index (χ4n) is 1.80. The molecule has 0 aliphatic heterocycles. The zero-order chi connectivity index (χ0) is 13.1. The van der Waals surface area contributed by atoms with Gasteiger partial charge >= 0.3 is 5.97 Å². The second-order valence-corrected chi connectivity index (χ2v) is 4.27. The van der Waals surface area contributed by atoms with Crippen molar-refractivity contribution in [3.63, 3.8) is 0 Å². The van der Waals surface area contributed by atoms with Gasteiger partial charge in [0.15, 0.2) is 5.69 Å². The minimum atomic E-state index is -0.424. The number of aromatic nitrogens is 2. The number of benzene rings is 1. The molecule has 0 spiro atoms. The summed E-state index contributed by atoms with van der Waals surface area (Å²) in [5.74, 6) is 0.135. The summed E-state index contributed by atoms with van der Waals surface area (Å²) in [5.41, 5.74) is 2.46. The molecule has 0 atom stereocenters. The third-order valence-corrected chi connectivity index (χ3v) is 2.58. The number of rotatable bonds is 3. The third-order valence-electron chi connectivity index (χ3n) is 2.58. The highest BCUT2D eigenvalue weighted by atomic mass is 16.5. The molecular weight excluding hydrogens is 228 g/mol. The number of nitrogens with zero attached hydrogens (tertiary/aromatic N) is 2. The molecule has 0 aliphatic carbocycles. The van der Waals surface area contributed by atoms with Crippen LogP contribution in [0, 0.1) is 13.8 Å². The van der Waals surface area contributed by atoms with Crippen molar-refractivity contribution in [3.8, 4) is 5.75 Å². The molecule has 1 aromatic heterocycles. The Bertz CT molecular complexity index is 553. The van der Waals surface area contributed by atoms with Gasteiger partial charge in [-0.25, -0.2) is 4.79 Å². The lowest BCUT2D eigenvalue weighted by atomic mass is 10.1. The summed E-state index contributed by atoms with van der Waals surface area (Å²) in [6.45, 7) is 6.63. The SMILES string of the molecule is CCn1ccc(C(=O)Oc2cc(C)cc(C)c2)n1. The van der Waals surface area contributed by atoms with Crippen LogP contribution in [-0.2, 0) is 6.54 Å². The summed E-state index contributed by atoms with van der Waals surface area (Å²) in [6.07, 6.45) is 1.76. The van der Waals surface area contributed by atoms with E-state index in [4.69, 9.17) is 4.74 Å². The molecule has 2 aromatic rings. The number of carbonyl (C=O) groups excluding carboxylic acids is 1. The zero-order valence-corrected chi connectivity index (χ0v) is 10.8. The van der Waals surface area contributed by atoms with Crippen molar-refractivity contribution >= 4 is 5.97 Å². The van der Waals surface area contributed by atoms with Gasteiger partial charge in [-0.1, -0.05) is 6.07 Å². The van der Waals surface area contributed by atoms with Crippen molar-refractivity contribution in [1.29, 1.82) is 0 Å². The van der Waals surface area contributed by atoms with Crippen LogP contribution in [0.15, 0.2) is 30.5 Å². The molecule has 0 aliphatic rings. The molecule has 0 unspecified atom stereocenters. The average Bonchev–Trinajstić information content (AvgIpc) is 2.75. The van der Waals surface area contributed by atoms with Gasteiger partial charge in [-0.3, -0.25) is 4.68 Å². The Morgan fingerprint density at radius 2 is 1.94 bits per heavy atom. The number of hydrogen-bond acceptors (Lipinski definition) is 3. The van der Waals surface area contributed by atoms with Gasteiger partial charge in [0.25, 0.3) is 0 Å². The molecule has 1 aromatic carbocycles. The topological polar surface area (TPSA) is 44.1 Å². The molecular formula is C14H16N2O2. The van der Waals surface area contributed by atoms with Gasteiger partial charge in [-0.15, -0.1) is 0 Å². The van der Waals surface area contributed by atoms with E-state index in [-0.39, 0.29) is 0 Å². The first-order valence-electron chi connectivity index (χ1n) is 5.92. The highest BCUT2D eigenvalue weighted by Gasteiger charge is 2.12. The molecule has 0 saturated heterocycles. The molecule has 0 saturated carbocycles. The Morgan fingerprint density at radius 3 is 2.50 bits per heavy atom. The molecule has 0 radical (unpaired) electrons. The van der Waals surface area contributed by atoms with Crippen LogP contribution in [0.5, 0.6) is 5.75 Å². The first kappa shape index (κ1) is 12.4. The quantitative estimate of drug-likeness (QED) is 0.616. The molecule has 18 heavy (non-hydrogen) atoms. The average molecular weight is 244 g/mol. The van der Waals surface area contributed by atoms with Crippen LogP contribution in [0.4, 0.5) is 0 Å². The minimum absolute atomic E-state index is 0.330. The largest absolute Gasteiger partial charge is 0.422 e. The summed E-state index contributed by atoms with van der Waals surface area (Å²) < 4.78 is 7.00. The van der Waals surface area contributed by atoms with Crippen LogP contribution >= 0.6 is 0 Å². The molecule has 0 bridgehead atoms. The molecule has 4 heteroatoms. The smallest absolute Gasteiger partial charge is 0.364 e. The zero-order valence-electron chi connectivity index (χ0n) is 10.8. The van der Waals surface area contributed by atoms with E-state index in [0.717, 1.165) is 17.7 Å². The third kappa shape index (κ3) is 2.77. The highest BCUT2D eigenvalue weighted by Crippen LogP contribution is 2.17. The molecule has 4 nitrogen and oxygen atoms in total. The Balaban J connectivity index is 2.15. The summed E-state index contributed by atoms with van der Waals surface area (Å²) >= 11 is 0. The first-order chi connectivity index (χ1) is 8.58. The first-order valence-corrected chi connectivity index (χ1v) is 5.92. The minimum Gasteiger partial charge on any atom is -0.422 e. The monoisotopic (exact) mass is 244 g/mol. The Morgan fingerprint density at radius 1 is 1.28 bits per heavy atom. The normalized spacial score (nSPS) is 10.4. The highest BCUT2D eigenvalue weighted by molar-refractivity contribution is 5.88. The van der Waals surface area contributed by atoms with Gasteiger partial charge in [-0.2, -0.15) is 5.10 Å². The number of carbonyl (C=O) groups is 1. The van der Waals surface area contributed by atoms with E-state index >= 15 is 0 Å². The molecule has 0 fully saturated rings. The van der Waals surface area contributed by atoms with Gasteiger partial charge in [0, 0.05) is 12.7 Å². The van der Waals surface area contributed by atoms with Crippen molar-refractivity contribution in [2.45, 2.75) is 27.3 Å². The fourth-order valence-corrected chi connectivity index (χ4v) is 1.80. The van der Waals surface area contributed by atoms with Crippen molar-refractivity contribution in [2.75, 3.05) is 0 Å². The Labute approximate surface area is 106 Å². The summed E-state index contributed by atoms with van der Waals surface area (Å²) in [4.78, 5) is 11.9. The number of aryl methyl sites for hydroxylation is 3. The second-order valence-electron chi connectivity index (χ2n) is 4.27. The Hall–Kier alpha value is -2.10. The fraction of sp³-hybridized carbons (Fsp3) is 0.286. The van der Waals surface area contributed by atoms with Gasteiger partial charge in [0.2, 0.25) is 0 Å². The lowest BCUT2D eigenvalue weighted by Crippen LogP contribution is -2.10. The number of hydrogen-bond donors (Lipinski definition) is 0. The summed E-state index contributed by atoms with van der Waals surface area (Å²) in [6, 6.07) is 7.36. The summed E-state index contributed by atoms with van der Waals surface area (Å²) in [7, 11) is 0. The van der Waals surface area contributed by atoms with Gasteiger partial charge in [0.1, 0.15) is 5.75 Å². The van der Waals surface area contributed by atoms with Crippen LogP contribution in [0.25, 0.3) is 0 Å². The van der Waals surface area contributed by atoms with Gasteiger partial charge in [0.05, 0.1) is 0 Å². The van der Waals surface area contributed by atoms with Crippen molar-refractivity contribution < 1.29 is 9.53 Å². The second kappa shape index (κ2) is 5.04. The lowest BCUT2D eigenvalue weighted by molar-refractivity contribution is 0.0727. The molecule has 1 heterocycles.